The molecule has 6 nitrogen and oxygen atoms in total. The van der Waals surface area contributed by atoms with Crippen molar-refractivity contribution in [2.75, 3.05) is 7.11 Å². The molecule has 0 saturated carbocycles. The maximum atomic E-state index is 12.1. The number of pyridine rings is 1. The number of methoxy groups -OCH3 is 1. The first-order chi connectivity index (χ1) is 12.0. The maximum Gasteiger partial charge on any atom is 0.237 e. The lowest BCUT2D eigenvalue weighted by Gasteiger charge is -2.17. The standard InChI is InChI=1S/C19H25N3O3.ClH/c1-4-13(2)18(20)19(23)22-12-14-9-10-21-17(11-14)25-16-7-5-15(24-3)6-8-16;/h5-11,13,18H,4,12,20H2,1-3H3,(H,22,23);1H. The van der Waals surface area contributed by atoms with Crippen LogP contribution in [-0.4, -0.2) is 24.0 Å². The molecule has 2 unspecified atom stereocenters. The molecule has 2 atom stereocenters. The number of nitrogens with one attached hydrogen (secondary N) is 1. The molecule has 0 spiro atoms. The van der Waals surface area contributed by atoms with Crippen LogP contribution in [0.15, 0.2) is 42.6 Å². The van der Waals surface area contributed by atoms with E-state index in [9.17, 15) is 4.79 Å². The number of hydrogen-bond acceptors (Lipinski definition) is 5. The minimum absolute atomic E-state index is 0. The van der Waals surface area contributed by atoms with Gasteiger partial charge in [-0.25, -0.2) is 4.98 Å². The Kier molecular flexibility index (Phi) is 8.88. The van der Waals surface area contributed by atoms with Gasteiger partial charge in [-0.3, -0.25) is 4.79 Å². The Bertz CT molecular complexity index is 695. The molecule has 2 rings (SSSR count). The second-order valence-electron chi connectivity index (χ2n) is 5.91. The number of carbonyl (C=O) groups is 1. The van der Waals surface area contributed by atoms with Crippen molar-refractivity contribution in [2.45, 2.75) is 32.9 Å². The first-order valence-electron chi connectivity index (χ1n) is 8.33. The molecule has 0 fully saturated rings. The van der Waals surface area contributed by atoms with E-state index in [2.05, 4.69) is 10.3 Å². The fraction of sp³-hybridized carbons (Fsp3) is 0.368. The first-order valence-corrected chi connectivity index (χ1v) is 8.33. The molecule has 0 bridgehead atoms. The van der Waals surface area contributed by atoms with Crippen LogP contribution in [0, 0.1) is 5.92 Å². The van der Waals surface area contributed by atoms with Gasteiger partial charge in [0.1, 0.15) is 11.5 Å². The molecule has 26 heavy (non-hydrogen) atoms. The van der Waals surface area contributed by atoms with Gasteiger partial charge < -0.3 is 20.5 Å². The summed E-state index contributed by atoms with van der Waals surface area (Å²) in [4.78, 5) is 16.2. The first kappa shape index (κ1) is 21.7. The van der Waals surface area contributed by atoms with Crippen LogP contribution in [0.2, 0.25) is 0 Å². The van der Waals surface area contributed by atoms with E-state index < -0.39 is 6.04 Å². The van der Waals surface area contributed by atoms with Gasteiger partial charge >= 0.3 is 0 Å². The molecule has 0 aliphatic heterocycles. The SMILES string of the molecule is CCC(C)C(N)C(=O)NCc1ccnc(Oc2ccc(OC)cc2)c1.Cl. The fourth-order valence-corrected chi connectivity index (χ4v) is 2.20. The van der Waals surface area contributed by atoms with Crippen LogP contribution in [-0.2, 0) is 11.3 Å². The number of nitrogens with zero attached hydrogens (tertiary/aromatic N) is 1. The molecule has 0 radical (unpaired) electrons. The number of benzene rings is 1. The van der Waals surface area contributed by atoms with Gasteiger partial charge in [0.15, 0.2) is 0 Å². The number of rotatable bonds is 8. The fourth-order valence-electron chi connectivity index (χ4n) is 2.20. The van der Waals surface area contributed by atoms with E-state index in [1.54, 1.807) is 31.5 Å². The molecular formula is C19H26ClN3O3. The van der Waals surface area contributed by atoms with E-state index in [1.807, 2.05) is 32.0 Å². The molecule has 0 aliphatic carbocycles. The highest BCUT2D eigenvalue weighted by Gasteiger charge is 2.18. The predicted molar refractivity (Wildman–Crippen MR) is 104 cm³/mol. The van der Waals surface area contributed by atoms with Gasteiger partial charge in [-0.15, -0.1) is 12.4 Å². The molecule has 3 N–H and O–H groups in total. The Morgan fingerprint density at radius 1 is 1.23 bits per heavy atom. The van der Waals surface area contributed by atoms with Crippen molar-refractivity contribution in [3.8, 4) is 17.4 Å². The third-order valence-electron chi connectivity index (χ3n) is 4.11. The lowest BCUT2D eigenvalue weighted by atomic mass is 9.99. The number of carbonyl (C=O) groups excluding carboxylic acids is 1. The van der Waals surface area contributed by atoms with Crippen LogP contribution < -0.4 is 20.5 Å². The molecule has 1 heterocycles. The Morgan fingerprint density at radius 2 is 1.88 bits per heavy atom. The molecule has 7 heteroatoms. The van der Waals surface area contributed by atoms with E-state index in [0.717, 1.165) is 17.7 Å². The van der Waals surface area contributed by atoms with E-state index in [0.29, 0.717) is 18.2 Å². The van der Waals surface area contributed by atoms with Crippen LogP contribution in [0.1, 0.15) is 25.8 Å². The smallest absolute Gasteiger partial charge is 0.237 e. The topological polar surface area (TPSA) is 86.5 Å². The number of hydrogen-bond donors (Lipinski definition) is 2. The summed E-state index contributed by atoms with van der Waals surface area (Å²) >= 11 is 0. The maximum absolute atomic E-state index is 12.1. The van der Waals surface area contributed by atoms with Crippen LogP contribution >= 0.6 is 12.4 Å². The van der Waals surface area contributed by atoms with Gasteiger partial charge in [0.25, 0.3) is 0 Å². The monoisotopic (exact) mass is 379 g/mol. The average Bonchev–Trinajstić information content (AvgIpc) is 2.65. The zero-order valence-corrected chi connectivity index (χ0v) is 16.1. The van der Waals surface area contributed by atoms with Crippen molar-refractivity contribution in [1.82, 2.24) is 10.3 Å². The summed E-state index contributed by atoms with van der Waals surface area (Å²) in [7, 11) is 1.61. The molecule has 0 saturated heterocycles. The summed E-state index contributed by atoms with van der Waals surface area (Å²) in [6.07, 6.45) is 2.51. The van der Waals surface area contributed by atoms with Crippen molar-refractivity contribution >= 4 is 18.3 Å². The molecule has 1 amide bonds. The van der Waals surface area contributed by atoms with Crippen molar-refractivity contribution in [2.24, 2.45) is 11.7 Å². The molecule has 1 aromatic heterocycles. The van der Waals surface area contributed by atoms with E-state index in [-0.39, 0.29) is 24.2 Å². The van der Waals surface area contributed by atoms with Crippen LogP contribution in [0.4, 0.5) is 0 Å². The molecule has 1 aromatic carbocycles. The highest BCUT2D eigenvalue weighted by molar-refractivity contribution is 5.85. The van der Waals surface area contributed by atoms with E-state index in [4.69, 9.17) is 15.2 Å². The minimum Gasteiger partial charge on any atom is -0.497 e. The van der Waals surface area contributed by atoms with Gasteiger partial charge in [-0.05, 0) is 41.8 Å². The van der Waals surface area contributed by atoms with E-state index >= 15 is 0 Å². The summed E-state index contributed by atoms with van der Waals surface area (Å²) < 4.78 is 10.8. The highest BCUT2D eigenvalue weighted by Crippen LogP contribution is 2.22. The van der Waals surface area contributed by atoms with Crippen molar-refractivity contribution < 1.29 is 14.3 Å². The van der Waals surface area contributed by atoms with Gasteiger partial charge in [-0.1, -0.05) is 20.3 Å². The Hall–Kier alpha value is -2.31. The average molecular weight is 380 g/mol. The molecular weight excluding hydrogens is 354 g/mol. The van der Waals surface area contributed by atoms with E-state index in [1.165, 1.54) is 0 Å². The van der Waals surface area contributed by atoms with Crippen molar-refractivity contribution in [1.29, 1.82) is 0 Å². The third kappa shape index (κ3) is 6.20. The Morgan fingerprint density at radius 3 is 2.50 bits per heavy atom. The lowest BCUT2D eigenvalue weighted by molar-refractivity contribution is -0.123. The zero-order valence-electron chi connectivity index (χ0n) is 15.3. The summed E-state index contributed by atoms with van der Waals surface area (Å²) in [6.45, 7) is 4.37. The largest absolute Gasteiger partial charge is 0.497 e. The molecule has 2 aromatic rings. The van der Waals surface area contributed by atoms with Crippen LogP contribution in [0.3, 0.4) is 0 Å². The van der Waals surface area contributed by atoms with Crippen LogP contribution in [0.5, 0.6) is 17.4 Å². The van der Waals surface area contributed by atoms with Gasteiger partial charge in [0.05, 0.1) is 13.2 Å². The Labute approximate surface area is 160 Å². The summed E-state index contributed by atoms with van der Waals surface area (Å²) in [5.74, 6) is 1.88. The van der Waals surface area contributed by atoms with Crippen LogP contribution in [0.25, 0.3) is 0 Å². The second kappa shape index (κ2) is 10.6. The number of halogens is 1. The molecule has 0 aliphatic rings. The van der Waals surface area contributed by atoms with Gasteiger partial charge in [0, 0.05) is 18.8 Å². The normalized spacial score (nSPS) is 12.5. The van der Waals surface area contributed by atoms with Crippen molar-refractivity contribution in [3.05, 3.63) is 48.2 Å². The number of ether oxygens (including phenoxy) is 2. The quantitative estimate of drug-likeness (QED) is 0.734. The number of aromatic nitrogens is 1. The van der Waals surface area contributed by atoms with Gasteiger partial charge in [0.2, 0.25) is 11.8 Å². The van der Waals surface area contributed by atoms with Crippen molar-refractivity contribution in [3.63, 3.8) is 0 Å². The third-order valence-corrected chi connectivity index (χ3v) is 4.11. The predicted octanol–water partition coefficient (Wildman–Crippen LogP) is 3.29. The number of nitrogens with two attached hydrogens (primary N) is 1. The highest BCUT2D eigenvalue weighted by atomic mass is 35.5. The number of amides is 1. The van der Waals surface area contributed by atoms with Gasteiger partial charge in [-0.2, -0.15) is 0 Å². The Balaban J connectivity index is 0.00000338. The summed E-state index contributed by atoms with van der Waals surface area (Å²) in [5.41, 5.74) is 6.82. The summed E-state index contributed by atoms with van der Waals surface area (Å²) in [6, 6.07) is 10.4. The molecule has 142 valence electrons. The minimum atomic E-state index is -0.498. The zero-order chi connectivity index (χ0) is 18.2. The second-order valence-corrected chi connectivity index (χ2v) is 5.91. The lowest BCUT2D eigenvalue weighted by Crippen LogP contribution is -2.44. The summed E-state index contributed by atoms with van der Waals surface area (Å²) in [5, 5.41) is 2.86.